The van der Waals surface area contributed by atoms with Gasteiger partial charge in [0, 0.05) is 29.0 Å². The molecule has 1 aliphatic rings. The van der Waals surface area contributed by atoms with Gasteiger partial charge in [0.15, 0.2) is 5.69 Å². The lowest BCUT2D eigenvalue weighted by Gasteiger charge is -2.30. The average Bonchev–Trinajstić information content (AvgIpc) is 3.76. The monoisotopic (exact) mass is 690 g/mol. The van der Waals surface area contributed by atoms with Gasteiger partial charge in [0.25, 0.3) is 0 Å². The molecule has 10 nitrogen and oxygen atoms in total. The molecule has 3 N–H and O–H groups in total. The Morgan fingerprint density at radius 2 is 1.51 bits per heavy atom. The topological polar surface area (TPSA) is 123 Å². The van der Waals surface area contributed by atoms with E-state index in [1.54, 1.807) is 50.4 Å². The van der Waals surface area contributed by atoms with E-state index in [2.05, 4.69) is 60.7 Å². The Balaban J connectivity index is 0.000000219. The summed E-state index contributed by atoms with van der Waals surface area (Å²) in [4.78, 5) is 22.2. The summed E-state index contributed by atoms with van der Waals surface area (Å²) < 4.78 is 36.8. The third-order valence-corrected chi connectivity index (χ3v) is 6.93. The Morgan fingerprint density at radius 3 is 2.00 bits per heavy atom. The van der Waals surface area contributed by atoms with Crippen molar-refractivity contribution >= 4 is 27.9 Å². The number of benzene rings is 2. The van der Waals surface area contributed by atoms with Crippen LogP contribution in [0.25, 0.3) is 5.69 Å². The predicted molar refractivity (Wildman–Crippen MR) is 172 cm³/mol. The van der Waals surface area contributed by atoms with Crippen molar-refractivity contribution < 1.29 is 27.8 Å². The molecule has 2 atom stereocenters. The largest absolute Gasteiger partial charge is 0.461 e. The number of halogens is 3. The highest BCUT2D eigenvalue weighted by Gasteiger charge is 2.21. The van der Waals surface area contributed by atoms with Crippen molar-refractivity contribution in [3.05, 3.63) is 101 Å². The number of nitrogens with one attached hydrogen (secondary N) is 3. The summed E-state index contributed by atoms with van der Waals surface area (Å²) >= 11 is 3.12. The maximum Gasteiger partial charge on any atom is 0.358 e. The zero-order valence-electron chi connectivity index (χ0n) is 25.9. The number of carbonyl (C=O) groups excluding carboxylic acids is 2. The molecule has 2 heterocycles. The summed E-state index contributed by atoms with van der Waals surface area (Å²) in [7, 11) is 4.11. The first-order valence-electron chi connectivity index (χ1n) is 14.6. The van der Waals surface area contributed by atoms with Crippen LogP contribution in [0.4, 0.5) is 8.78 Å². The number of hydrogen-bond acceptors (Lipinski definition) is 8. The number of H-pyrrole nitrogens is 1. The van der Waals surface area contributed by atoms with Gasteiger partial charge < -0.3 is 20.1 Å². The molecule has 244 valence electrons. The lowest BCUT2D eigenvalue weighted by atomic mass is 9.91. The van der Waals surface area contributed by atoms with Crippen LogP contribution in [0.5, 0.6) is 0 Å². The molecule has 13 heteroatoms. The van der Waals surface area contributed by atoms with Crippen molar-refractivity contribution in [3.63, 3.8) is 0 Å². The van der Waals surface area contributed by atoms with E-state index in [1.165, 1.54) is 66.9 Å². The fourth-order valence-electron chi connectivity index (χ4n) is 4.26. The van der Waals surface area contributed by atoms with E-state index in [0.29, 0.717) is 36.7 Å². The van der Waals surface area contributed by atoms with E-state index in [-0.39, 0.29) is 23.3 Å². The average molecular weight is 692 g/mol. The van der Waals surface area contributed by atoms with Crippen LogP contribution in [0, 0.1) is 11.6 Å². The van der Waals surface area contributed by atoms with E-state index < -0.39 is 5.97 Å². The van der Waals surface area contributed by atoms with Crippen molar-refractivity contribution in [1.82, 2.24) is 30.6 Å². The van der Waals surface area contributed by atoms with Crippen LogP contribution in [-0.4, -0.2) is 71.3 Å². The number of ether oxygens (including phenoxy) is 2. The Bertz CT molecular complexity index is 1390. The standard InChI is InChI=1S/C12H11FN2O2.C8H18N2.C6H4BrF.C6H8N2O2/c1-2-17-12(16)11-6-7-15(14-11)10-5-3-4-9(13)8-10;1-9-7-5-3-4-6-8(7)10-2;7-5-2-1-3-6(8)4-5;1-2-10-6(9)5-3-4-7-8-5/h3-8H,2H2,1H3;7-10H,3-6H2,1-2H3;1-4H;3-4H,2H2,1H3,(H,7,8)/t;7-,8-;;/m.0../s1. The van der Waals surface area contributed by atoms with Crippen LogP contribution in [0.1, 0.15) is 60.5 Å². The highest BCUT2D eigenvalue weighted by Crippen LogP contribution is 2.17. The molecule has 0 saturated heterocycles. The van der Waals surface area contributed by atoms with Crippen LogP contribution in [0.2, 0.25) is 0 Å². The minimum Gasteiger partial charge on any atom is -0.461 e. The van der Waals surface area contributed by atoms with Crippen LogP contribution in [-0.2, 0) is 9.47 Å². The van der Waals surface area contributed by atoms with Gasteiger partial charge in [-0.2, -0.15) is 10.2 Å². The number of nitrogens with zero attached hydrogens (tertiary/aromatic N) is 3. The Labute approximate surface area is 271 Å². The van der Waals surface area contributed by atoms with Crippen LogP contribution in [0.15, 0.2) is 77.5 Å². The fraction of sp³-hybridized carbons (Fsp3) is 0.375. The number of esters is 2. The molecule has 2 aromatic carbocycles. The molecule has 2 aromatic heterocycles. The van der Waals surface area contributed by atoms with Gasteiger partial charge in [-0.05, 0) is 89.3 Å². The number of carbonyl (C=O) groups is 2. The van der Waals surface area contributed by atoms with Gasteiger partial charge in [0.1, 0.15) is 17.3 Å². The molecule has 5 rings (SSSR count). The maximum absolute atomic E-state index is 13.0. The molecule has 45 heavy (non-hydrogen) atoms. The van der Waals surface area contributed by atoms with Gasteiger partial charge in [-0.15, -0.1) is 0 Å². The van der Waals surface area contributed by atoms with Gasteiger partial charge in [-0.25, -0.2) is 23.1 Å². The molecule has 0 bridgehead atoms. The molecule has 0 spiro atoms. The number of rotatable bonds is 7. The van der Waals surface area contributed by atoms with Crippen LogP contribution in [0.3, 0.4) is 0 Å². The highest BCUT2D eigenvalue weighted by atomic mass is 79.9. The lowest BCUT2D eigenvalue weighted by molar-refractivity contribution is 0.0509. The van der Waals surface area contributed by atoms with Crippen molar-refractivity contribution in [2.75, 3.05) is 27.3 Å². The molecule has 0 radical (unpaired) electrons. The third-order valence-electron chi connectivity index (χ3n) is 6.44. The molecule has 0 amide bonds. The smallest absolute Gasteiger partial charge is 0.358 e. The summed E-state index contributed by atoms with van der Waals surface area (Å²) in [5, 5.41) is 16.8. The summed E-state index contributed by atoms with van der Waals surface area (Å²) in [6.45, 7) is 4.17. The van der Waals surface area contributed by atoms with Gasteiger partial charge in [0.05, 0.1) is 18.9 Å². The normalized spacial score (nSPS) is 15.2. The predicted octanol–water partition coefficient (Wildman–Crippen LogP) is 6.10. The molecule has 4 aromatic rings. The van der Waals surface area contributed by atoms with Gasteiger partial charge in [0.2, 0.25) is 0 Å². The van der Waals surface area contributed by atoms with E-state index in [0.717, 1.165) is 4.47 Å². The van der Waals surface area contributed by atoms with Crippen molar-refractivity contribution in [1.29, 1.82) is 0 Å². The minimum atomic E-state index is -0.484. The van der Waals surface area contributed by atoms with Gasteiger partial charge >= 0.3 is 11.9 Å². The zero-order chi connectivity index (χ0) is 33.0. The first-order chi connectivity index (χ1) is 21.7. The van der Waals surface area contributed by atoms with Gasteiger partial charge in [-0.3, -0.25) is 5.10 Å². The molecule has 0 unspecified atom stereocenters. The Kier molecular flexibility index (Phi) is 17.3. The first-order valence-corrected chi connectivity index (χ1v) is 15.4. The third kappa shape index (κ3) is 13.7. The molecule has 1 aliphatic carbocycles. The summed E-state index contributed by atoms with van der Waals surface area (Å²) in [5.41, 5.74) is 1.15. The SMILES string of the molecule is CCOC(=O)c1ccn(-c2cccc(F)c2)n1.CCOC(=O)c1ccn[nH]1.CN[C@H]1CCCC[C@@H]1NC.Fc1cccc(Br)c1. The quantitative estimate of drug-likeness (QED) is 0.199. The number of aromatic amines is 1. The Hall–Kier alpha value is -3.94. The molecule has 0 aliphatic heterocycles. The minimum absolute atomic E-state index is 0.205. The lowest BCUT2D eigenvalue weighted by Crippen LogP contribution is -2.47. The van der Waals surface area contributed by atoms with Crippen molar-refractivity contribution in [2.24, 2.45) is 0 Å². The van der Waals surface area contributed by atoms with E-state index in [9.17, 15) is 18.4 Å². The summed E-state index contributed by atoms with van der Waals surface area (Å²) in [5.74, 6) is -1.40. The highest BCUT2D eigenvalue weighted by molar-refractivity contribution is 9.10. The fourth-order valence-corrected chi connectivity index (χ4v) is 4.63. The number of likely N-dealkylation sites (N-methyl/N-ethyl adjacent to an activating group) is 2. The van der Waals surface area contributed by atoms with Crippen LogP contribution < -0.4 is 10.6 Å². The Morgan fingerprint density at radius 1 is 0.911 bits per heavy atom. The molecule has 1 saturated carbocycles. The molecular weight excluding hydrogens is 650 g/mol. The van der Waals surface area contributed by atoms with Gasteiger partial charge in [-0.1, -0.05) is 40.9 Å². The van der Waals surface area contributed by atoms with E-state index in [4.69, 9.17) is 4.74 Å². The van der Waals surface area contributed by atoms with Crippen molar-refractivity contribution in [2.45, 2.75) is 51.6 Å². The van der Waals surface area contributed by atoms with E-state index in [1.807, 2.05) is 0 Å². The molecular formula is C32H41BrF2N6O4. The van der Waals surface area contributed by atoms with E-state index >= 15 is 0 Å². The maximum atomic E-state index is 13.0. The zero-order valence-corrected chi connectivity index (χ0v) is 27.5. The molecule has 1 fully saturated rings. The first kappa shape index (κ1) is 37.2. The second kappa shape index (κ2) is 20.9. The van der Waals surface area contributed by atoms with Crippen LogP contribution >= 0.6 is 15.9 Å². The summed E-state index contributed by atoms with van der Waals surface area (Å²) in [6, 6.07) is 16.7. The number of aromatic nitrogens is 4. The summed E-state index contributed by atoms with van der Waals surface area (Å²) in [6.07, 6.45) is 8.55. The second-order valence-corrected chi connectivity index (χ2v) is 10.5. The number of hydrogen-bond donors (Lipinski definition) is 3. The van der Waals surface area contributed by atoms with Crippen molar-refractivity contribution in [3.8, 4) is 5.69 Å². The second-order valence-electron chi connectivity index (χ2n) is 9.55.